The monoisotopic (exact) mass is 281 g/mol. The second-order valence-electron chi connectivity index (χ2n) is 6.35. The third kappa shape index (κ3) is 3.14. The molecular formula is C15H27N3O2. The van der Waals surface area contributed by atoms with Crippen LogP contribution in [0.1, 0.15) is 45.4 Å². The van der Waals surface area contributed by atoms with Crippen LogP contribution in [0.2, 0.25) is 0 Å². The zero-order valence-electron chi connectivity index (χ0n) is 12.6. The van der Waals surface area contributed by atoms with Gasteiger partial charge in [-0.1, -0.05) is 6.92 Å². The molecule has 5 nitrogen and oxygen atoms in total. The van der Waals surface area contributed by atoms with Crippen molar-refractivity contribution in [3.63, 3.8) is 0 Å². The van der Waals surface area contributed by atoms with Crippen molar-refractivity contribution in [2.24, 2.45) is 17.6 Å². The molecule has 0 aromatic heterocycles. The van der Waals surface area contributed by atoms with E-state index in [1.165, 1.54) is 0 Å². The van der Waals surface area contributed by atoms with Crippen molar-refractivity contribution in [2.45, 2.75) is 57.5 Å². The number of hydrogen-bond acceptors (Lipinski definition) is 3. The molecule has 0 radical (unpaired) electrons. The van der Waals surface area contributed by atoms with Gasteiger partial charge < -0.3 is 16.0 Å². The molecule has 0 aromatic rings. The van der Waals surface area contributed by atoms with Gasteiger partial charge in [0.1, 0.15) is 6.04 Å². The highest BCUT2D eigenvalue weighted by atomic mass is 16.2. The van der Waals surface area contributed by atoms with Gasteiger partial charge in [-0.25, -0.2) is 0 Å². The first-order valence-corrected chi connectivity index (χ1v) is 7.82. The molecule has 20 heavy (non-hydrogen) atoms. The fourth-order valence-electron chi connectivity index (χ4n) is 3.54. The van der Waals surface area contributed by atoms with Crippen molar-refractivity contribution in [1.29, 1.82) is 0 Å². The quantitative estimate of drug-likeness (QED) is 0.789. The van der Waals surface area contributed by atoms with E-state index in [9.17, 15) is 9.59 Å². The molecule has 1 saturated heterocycles. The lowest BCUT2D eigenvalue weighted by atomic mass is 9.78. The average Bonchev–Trinajstić information content (AvgIpc) is 2.48. The molecule has 5 heteroatoms. The zero-order chi connectivity index (χ0) is 14.7. The van der Waals surface area contributed by atoms with Crippen LogP contribution < -0.4 is 11.1 Å². The molecule has 1 aliphatic heterocycles. The van der Waals surface area contributed by atoms with Gasteiger partial charge in [0.05, 0.1) is 5.92 Å². The number of hydrogen-bond donors (Lipinski definition) is 2. The highest BCUT2D eigenvalue weighted by molar-refractivity contribution is 5.89. The number of piperidine rings is 1. The minimum Gasteiger partial charge on any atom is -0.357 e. The van der Waals surface area contributed by atoms with Crippen molar-refractivity contribution in [3.8, 4) is 0 Å². The molecule has 0 bridgehead atoms. The van der Waals surface area contributed by atoms with E-state index in [2.05, 4.69) is 12.2 Å². The number of nitrogens with one attached hydrogen (secondary N) is 1. The molecule has 4 unspecified atom stereocenters. The number of likely N-dealkylation sites (tertiary alicyclic amines) is 1. The van der Waals surface area contributed by atoms with Crippen molar-refractivity contribution in [2.75, 3.05) is 13.6 Å². The van der Waals surface area contributed by atoms with Crippen molar-refractivity contribution < 1.29 is 9.59 Å². The second-order valence-corrected chi connectivity index (χ2v) is 6.35. The summed E-state index contributed by atoms with van der Waals surface area (Å²) in [6.45, 7) is 2.87. The second kappa shape index (κ2) is 6.57. The first-order valence-electron chi connectivity index (χ1n) is 7.82. The number of likely N-dealkylation sites (N-methyl/N-ethyl adjacent to an activating group) is 1. The summed E-state index contributed by atoms with van der Waals surface area (Å²) in [5.41, 5.74) is 6.15. The largest absolute Gasteiger partial charge is 0.357 e. The third-order valence-electron chi connectivity index (χ3n) is 4.82. The molecule has 2 rings (SSSR count). The van der Waals surface area contributed by atoms with Crippen LogP contribution in [0, 0.1) is 11.8 Å². The Hall–Kier alpha value is -1.10. The van der Waals surface area contributed by atoms with Crippen molar-refractivity contribution >= 4 is 11.8 Å². The Morgan fingerprint density at radius 1 is 1.20 bits per heavy atom. The van der Waals surface area contributed by atoms with E-state index in [4.69, 9.17) is 5.73 Å². The molecule has 1 aliphatic carbocycles. The van der Waals surface area contributed by atoms with Gasteiger partial charge in [0.25, 0.3) is 0 Å². The Bertz CT molecular complexity index is 372. The molecular weight excluding hydrogens is 254 g/mol. The third-order valence-corrected chi connectivity index (χ3v) is 4.82. The minimum absolute atomic E-state index is 0.0459. The Morgan fingerprint density at radius 3 is 2.65 bits per heavy atom. The Balaban J connectivity index is 2.10. The molecule has 4 atom stereocenters. The highest BCUT2D eigenvalue weighted by Crippen LogP contribution is 2.31. The summed E-state index contributed by atoms with van der Waals surface area (Å²) in [5.74, 6) is 0.490. The molecule has 3 N–H and O–H groups in total. The zero-order valence-corrected chi connectivity index (χ0v) is 12.6. The number of carbonyl (C=O) groups excluding carboxylic acids is 2. The highest BCUT2D eigenvalue weighted by Gasteiger charge is 2.39. The van der Waals surface area contributed by atoms with Crippen LogP contribution in [0.5, 0.6) is 0 Å². The van der Waals surface area contributed by atoms with Crippen LogP contribution in [0.3, 0.4) is 0 Å². The molecule has 114 valence electrons. The smallest absolute Gasteiger partial charge is 0.242 e. The van der Waals surface area contributed by atoms with E-state index in [0.717, 1.165) is 38.5 Å². The van der Waals surface area contributed by atoms with Crippen LogP contribution in [0.15, 0.2) is 0 Å². The molecule has 0 aromatic carbocycles. The lowest BCUT2D eigenvalue weighted by molar-refractivity contribution is -0.147. The van der Waals surface area contributed by atoms with Gasteiger partial charge in [-0.2, -0.15) is 0 Å². The van der Waals surface area contributed by atoms with Gasteiger partial charge in [0.15, 0.2) is 0 Å². The predicted octanol–water partition coefficient (Wildman–Crippen LogP) is 0.877. The standard InChI is InChI=1S/C15H27N3O2/c1-10-6-7-12(16)11(9-10)15(20)18-8-4-3-5-13(18)14(19)17-2/h10-13H,3-9,16H2,1-2H3,(H,17,19). The van der Waals surface area contributed by atoms with Gasteiger partial charge in [0.2, 0.25) is 11.8 Å². The Labute approximate surface area is 121 Å². The van der Waals surface area contributed by atoms with Gasteiger partial charge in [0, 0.05) is 19.6 Å². The minimum atomic E-state index is -0.300. The normalized spacial score (nSPS) is 34.6. The van der Waals surface area contributed by atoms with Crippen molar-refractivity contribution in [3.05, 3.63) is 0 Å². The first-order chi connectivity index (χ1) is 9.54. The van der Waals surface area contributed by atoms with Crippen molar-refractivity contribution in [1.82, 2.24) is 10.2 Å². The van der Waals surface area contributed by atoms with E-state index < -0.39 is 0 Å². The summed E-state index contributed by atoms with van der Waals surface area (Å²) in [5, 5.41) is 2.68. The molecule has 2 aliphatic rings. The molecule has 2 fully saturated rings. The summed E-state index contributed by atoms with van der Waals surface area (Å²) >= 11 is 0. The first kappa shape index (κ1) is 15.3. The number of amides is 2. The lowest BCUT2D eigenvalue weighted by Gasteiger charge is -2.40. The summed E-state index contributed by atoms with van der Waals surface area (Å²) < 4.78 is 0. The van der Waals surface area contributed by atoms with Gasteiger partial charge >= 0.3 is 0 Å². The SMILES string of the molecule is CNC(=O)C1CCCCN1C(=O)C1CC(C)CCC1N. The number of rotatable bonds is 2. The lowest BCUT2D eigenvalue weighted by Crippen LogP contribution is -2.55. The van der Waals surface area contributed by atoms with Gasteiger partial charge in [-0.3, -0.25) is 9.59 Å². The number of nitrogens with zero attached hydrogens (tertiary/aromatic N) is 1. The maximum atomic E-state index is 12.8. The topological polar surface area (TPSA) is 75.4 Å². The maximum Gasteiger partial charge on any atom is 0.242 e. The summed E-state index contributed by atoms with van der Waals surface area (Å²) in [4.78, 5) is 26.6. The Morgan fingerprint density at radius 2 is 1.95 bits per heavy atom. The predicted molar refractivity (Wildman–Crippen MR) is 77.9 cm³/mol. The number of nitrogens with two attached hydrogens (primary N) is 1. The molecule has 1 heterocycles. The average molecular weight is 281 g/mol. The van der Waals surface area contributed by atoms with E-state index in [0.29, 0.717) is 12.5 Å². The molecule has 1 saturated carbocycles. The van der Waals surface area contributed by atoms with E-state index in [1.54, 1.807) is 11.9 Å². The fourth-order valence-corrected chi connectivity index (χ4v) is 3.54. The summed E-state index contributed by atoms with van der Waals surface area (Å²) in [6.07, 6.45) is 5.63. The maximum absolute atomic E-state index is 12.8. The summed E-state index contributed by atoms with van der Waals surface area (Å²) in [6, 6.07) is -0.350. The molecule has 0 spiro atoms. The van der Waals surface area contributed by atoms with Gasteiger partial charge in [-0.05, 0) is 44.4 Å². The van der Waals surface area contributed by atoms with Crippen LogP contribution in [-0.2, 0) is 9.59 Å². The van der Waals surface area contributed by atoms with E-state index in [1.807, 2.05) is 0 Å². The van der Waals surface area contributed by atoms with E-state index in [-0.39, 0.29) is 29.8 Å². The Kier molecular flexibility index (Phi) is 5.02. The fraction of sp³-hybridized carbons (Fsp3) is 0.867. The van der Waals surface area contributed by atoms with Crippen LogP contribution >= 0.6 is 0 Å². The molecule has 2 amide bonds. The van der Waals surface area contributed by atoms with Crippen LogP contribution in [0.25, 0.3) is 0 Å². The summed E-state index contributed by atoms with van der Waals surface area (Å²) in [7, 11) is 1.63. The number of carbonyl (C=O) groups is 2. The van der Waals surface area contributed by atoms with Gasteiger partial charge in [-0.15, -0.1) is 0 Å². The van der Waals surface area contributed by atoms with E-state index >= 15 is 0 Å². The van der Waals surface area contributed by atoms with Crippen LogP contribution in [0.4, 0.5) is 0 Å². The van der Waals surface area contributed by atoms with Crippen LogP contribution in [-0.4, -0.2) is 42.4 Å².